The molecule has 0 fully saturated rings. The van der Waals surface area contributed by atoms with Gasteiger partial charge in [0, 0.05) is 6.20 Å². The maximum Gasteiger partial charge on any atom is 0.417 e. The van der Waals surface area contributed by atoms with Gasteiger partial charge < -0.3 is 10.1 Å². The maximum atomic E-state index is 12.5. The van der Waals surface area contributed by atoms with E-state index in [1.165, 1.54) is 0 Å². The van der Waals surface area contributed by atoms with Crippen LogP contribution in [0, 0.1) is 0 Å². The van der Waals surface area contributed by atoms with E-state index in [1.54, 1.807) is 0 Å². The Morgan fingerprint density at radius 1 is 1.25 bits per heavy atom. The highest BCUT2D eigenvalue weighted by molar-refractivity contribution is 6.31. The van der Waals surface area contributed by atoms with Crippen molar-refractivity contribution >= 4 is 17.5 Å². The summed E-state index contributed by atoms with van der Waals surface area (Å²) in [5.41, 5.74) is -0.0700. The molecule has 0 radical (unpaired) electrons. The summed E-state index contributed by atoms with van der Waals surface area (Å²) < 4.78 is 42.6. The second-order valence-corrected chi connectivity index (χ2v) is 5.28. The van der Waals surface area contributed by atoms with Crippen molar-refractivity contribution in [1.82, 2.24) is 10.3 Å². The summed E-state index contributed by atoms with van der Waals surface area (Å²) in [5, 5.41) is 2.41. The average molecular weight is 359 g/mol. The molecule has 0 aliphatic heterocycles. The van der Waals surface area contributed by atoms with Crippen molar-refractivity contribution in [3.63, 3.8) is 0 Å². The van der Waals surface area contributed by atoms with E-state index in [0.29, 0.717) is 6.20 Å². The number of hydrogen-bond donors (Lipinski definition) is 1. The Bertz CT molecular complexity index is 693. The van der Waals surface area contributed by atoms with Gasteiger partial charge in [0.05, 0.1) is 18.5 Å². The van der Waals surface area contributed by atoms with Crippen LogP contribution in [0.2, 0.25) is 5.02 Å². The molecule has 0 aliphatic rings. The van der Waals surface area contributed by atoms with E-state index >= 15 is 0 Å². The molecule has 0 atom stereocenters. The first-order chi connectivity index (χ1) is 11.4. The number of rotatable bonds is 6. The molecule has 1 N–H and O–H groups in total. The average Bonchev–Trinajstić information content (AvgIpc) is 2.52. The first-order valence-electron chi connectivity index (χ1n) is 7.02. The van der Waals surface area contributed by atoms with Crippen LogP contribution in [0.4, 0.5) is 13.2 Å². The van der Waals surface area contributed by atoms with Crippen LogP contribution in [0.5, 0.6) is 5.88 Å². The number of carbonyl (C=O) groups excluding carboxylic acids is 1. The summed E-state index contributed by atoms with van der Waals surface area (Å²) in [6, 6.07) is 9.95. The molecule has 0 saturated heterocycles. The fourth-order valence-corrected chi connectivity index (χ4v) is 2.09. The predicted octanol–water partition coefficient (Wildman–Crippen LogP) is 3.49. The molecule has 1 amide bonds. The largest absolute Gasteiger partial charge is 0.475 e. The van der Waals surface area contributed by atoms with Gasteiger partial charge in [0.15, 0.2) is 0 Å². The minimum Gasteiger partial charge on any atom is -0.475 e. The minimum atomic E-state index is -4.51. The minimum absolute atomic E-state index is 0.0403. The topological polar surface area (TPSA) is 51.2 Å². The lowest BCUT2D eigenvalue weighted by molar-refractivity contribution is -0.137. The van der Waals surface area contributed by atoms with Gasteiger partial charge in [-0.3, -0.25) is 4.79 Å². The Morgan fingerprint density at radius 3 is 2.58 bits per heavy atom. The second kappa shape index (κ2) is 8.01. The Morgan fingerprint density at radius 2 is 1.96 bits per heavy atom. The summed E-state index contributed by atoms with van der Waals surface area (Å²) >= 11 is 5.71. The lowest BCUT2D eigenvalue weighted by Gasteiger charge is -2.10. The zero-order valence-electron chi connectivity index (χ0n) is 12.4. The summed E-state index contributed by atoms with van der Waals surface area (Å²) in [5.74, 6) is -0.293. The SMILES string of the molecule is O=C(Cc1ccccc1)NCCOc1ncc(C(F)(F)F)cc1Cl. The summed E-state index contributed by atoms with van der Waals surface area (Å²) in [6.45, 7) is 0.226. The highest BCUT2D eigenvalue weighted by Gasteiger charge is 2.31. The Balaban J connectivity index is 1.77. The third-order valence-electron chi connectivity index (χ3n) is 3.01. The highest BCUT2D eigenvalue weighted by atomic mass is 35.5. The molecule has 128 valence electrons. The van der Waals surface area contributed by atoms with Gasteiger partial charge in [0.2, 0.25) is 11.8 Å². The van der Waals surface area contributed by atoms with Gasteiger partial charge in [-0.15, -0.1) is 0 Å². The van der Waals surface area contributed by atoms with Crippen molar-refractivity contribution in [2.75, 3.05) is 13.2 Å². The van der Waals surface area contributed by atoms with Crippen LogP contribution in [-0.4, -0.2) is 24.0 Å². The monoisotopic (exact) mass is 358 g/mol. The van der Waals surface area contributed by atoms with Crippen molar-refractivity contribution in [2.45, 2.75) is 12.6 Å². The van der Waals surface area contributed by atoms with E-state index in [4.69, 9.17) is 16.3 Å². The number of alkyl halides is 3. The summed E-state index contributed by atoms with van der Waals surface area (Å²) in [6.07, 6.45) is -3.63. The Kier molecular flexibility index (Phi) is 6.03. The number of nitrogens with one attached hydrogen (secondary N) is 1. The van der Waals surface area contributed by atoms with E-state index < -0.39 is 11.7 Å². The normalized spacial score (nSPS) is 11.2. The molecule has 0 spiro atoms. The second-order valence-electron chi connectivity index (χ2n) is 4.87. The summed E-state index contributed by atoms with van der Waals surface area (Å²) in [7, 11) is 0. The van der Waals surface area contributed by atoms with Crippen LogP contribution in [0.3, 0.4) is 0 Å². The molecule has 0 saturated carbocycles. The van der Waals surface area contributed by atoms with E-state index in [1.807, 2.05) is 30.3 Å². The number of ether oxygens (including phenoxy) is 1. The van der Waals surface area contributed by atoms with Crippen molar-refractivity contribution < 1.29 is 22.7 Å². The van der Waals surface area contributed by atoms with Crippen LogP contribution in [-0.2, 0) is 17.4 Å². The smallest absolute Gasteiger partial charge is 0.417 e. The fourth-order valence-electron chi connectivity index (χ4n) is 1.87. The lowest BCUT2D eigenvalue weighted by atomic mass is 10.1. The number of hydrogen-bond acceptors (Lipinski definition) is 3. The number of nitrogens with zero attached hydrogens (tertiary/aromatic N) is 1. The van der Waals surface area contributed by atoms with Crippen molar-refractivity contribution in [3.8, 4) is 5.88 Å². The van der Waals surface area contributed by atoms with Crippen LogP contribution >= 0.6 is 11.6 Å². The number of carbonyl (C=O) groups is 1. The Labute approximate surface area is 141 Å². The summed E-state index contributed by atoms with van der Waals surface area (Å²) in [4.78, 5) is 15.3. The predicted molar refractivity (Wildman–Crippen MR) is 82.9 cm³/mol. The van der Waals surface area contributed by atoms with Crippen LogP contribution < -0.4 is 10.1 Å². The molecule has 0 bridgehead atoms. The number of amides is 1. The number of pyridine rings is 1. The van der Waals surface area contributed by atoms with E-state index in [9.17, 15) is 18.0 Å². The van der Waals surface area contributed by atoms with Crippen molar-refractivity contribution in [3.05, 3.63) is 58.7 Å². The standard InChI is InChI=1S/C16H14ClF3N2O2/c17-13-9-12(16(18,19)20)10-22-15(13)24-7-6-21-14(23)8-11-4-2-1-3-5-11/h1-5,9-10H,6-8H2,(H,21,23). The molecule has 2 aromatic rings. The number of benzene rings is 1. The third-order valence-corrected chi connectivity index (χ3v) is 3.28. The fraction of sp³-hybridized carbons (Fsp3) is 0.250. The molecule has 1 heterocycles. The Hall–Kier alpha value is -2.28. The zero-order valence-corrected chi connectivity index (χ0v) is 13.2. The van der Waals surface area contributed by atoms with Crippen LogP contribution in [0.25, 0.3) is 0 Å². The molecule has 4 nitrogen and oxygen atoms in total. The molecule has 0 aliphatic carbocycles. The molecule has 2 rings (SSSR count). The molecule has 24 heavy (non-hydrogen) atoms. The first kappa shape index (κ1) is 18.1. The van der Waals surface area contributed by atoms with Gasteiger partial charge in [-0.1, -0.05) is 41.9 Å². The van der Waals surface area contributed by atoms with Gasteiger partial charge in [-0.2, -0.15) is 13.2 Å². The molecule has 1 aromatic carbocycles. The van der Waals surface area contributed by atoms with E-state index in [-0.39, 0.29) is 36.4 Å². The third kappa shape index (κ3) is 5.42. The quantitative estimate of drug-likeness (QED) is 0.804. The highest BCUT2D eigenvalue weighted by Crippen LogP contribution is 2.32. The molecule has 1 aromatic heterocycles. The molecule has 0 unspecified atom stereocenters. The van der Waals surface area contributed by atoms with E-state index in [0.717, 1.165) is 11.6 Å². The van der Waals surface area contributed by atoms with Gasteiger partial charge in [0.25, 0.3) is 0 Å². The van der Waals surface area contributed by atoms with E-state index in [2.05, 4.69) is 10.3 Å². The molecular weight excluding hydrogens is 345 g/mol. The van der Waals surface area contributed by atoms with Gasteiger partial charge >= 0.3 is 6.18 Å². The number of halogens is 4. The van der Waals surface area contributed by atoms with Crippen molar-refractivity contribution in [1.29, 1.82) is 0 Å². The lowest BCUT2D eigenvalue weighted by Crippen LogP contribution is -2.29. The van der Waals surface area contributed by atoms with Gasteiger partial charge in [-0.05, 0) is 11.6 Å². The molecule has 8 heteroatoms. The first-order valence-corrected chi connectivity index (χ1v) is 7.40. The van der Waals surface area contributed by atoms with Crippen LogP contribution in [0.1, 0.15) is 11.1 Å². The molecular formula is C16H14ClF3N2O2. The number of aromatic nitrogens is 1. The maximum absolute atomic E-state index is 12.5. The van der Waals surface area contributed by atoms with Gasteiger partial charge in [0.1, 0.15) is 11.6 Å². The van der Waals surface area contributed by atoms with Crippen LogP contribution in [0.15, 0.2) is 42.6 Å². The van der Waals surface area contributed by atoms with Crippen molar-refractivity contribution in [2.24, 2.45) is 0 Å². The van der Waals surface area contributed by atoms with Gasteiger partial charge in [-0.25, -0.2) is 4.98 Å². The zero-order chi connectivity index (χ0) is 17.6.